The molecule has 2 aliphatic heterocycles. The van der Waals surface area contributed by atoms with Gasteiger partial charge in [0.05, 0.1) is 29.0 Å². The van der Waals surface area contributed by atoms with Crippen molar-refractivity contribution in [2.24, 2.45) is 0 Å². The molecule has 1 saturated heterocycles. The van der Waals surface area contributed by atoms with Gasteiger partial charge in [-0.25, -0.2) is 23.8 Å². The van der Waals surface area contributed by atoms with Gasteiger partial charge in [-0.2, -0.15) is 26.3 Å². The quantitative estimate of drug-likeness (QED) is 0.137. The number of alkyl halides is 6. The summed E-state index contributed by atoms with van der Waals surface area (Å²) in [5, 5.41) is 4.60. The maximum absolute atomic E-state index is 14.8. The Bertz CT molecular complexity index is 1770. The van der Waals surface area contributed by atoms with Crippen LogP contribution in [0.3, 0.4) is 0 Å². The van der Waals surface area contributed by atoms with E-state index in [9.17, 15) is 49.5 Å². The normalized spacial score (nSPS) is 19.0. The molecule has 2 amide bonds. The van der Waals surface area contributed by atoms with Gasteiger partial charge in [0.25, 0.3) is 11.8 Å². The van der Waals surface area contributed by atoms with E-state index in [0.717, 1.165) is 23.2 Å². The van der Waals surface area contributed by atoms with Crippen LogP contribution in [0.1, 0.15) is 36.6 Å². The minimum Gasteiger partial charge on any atom is -0.321 e. The van der Waals surface area contributed by atoms with Crippen molar-refractivity contribution in [1.29, 1.82) is 0 Å². The molecule has 8 nitrogen and oxygen atoms in total. The Morgan fingerprint density at radius 2 is 1.72 bits per heavy atom. The lowest BCUT2D eigenvalue weighted by Gasteiger charge is -2.47. The summed E-state index contributed by atoms with van der Waals surface area (Å²) in [4.78, 5) is 46.8. The molecule has 0 saturated carbocycles. The van der Waals surface area contributed by atoms with Crippen molar-refractivity contribution < 1.29 is 49.5 Å². The lowest BCUT2D eigenvalue weighted by molar-refractivity contribution is -0.158. The Morgan fingerprint density at radius 1 is 1.04 bits per heavy atom. The molecule has 1 fully saturated rings. The summed E-state index contributed by atoms with van der Waals surface area (Å²) in [6, 6.07) is 4.25. The van der Waals surface area contributed by atoms with Gasteiger partial charge in [0, 0.05) is 26.8 Å². The predicted octanol–water partition coefficient (Wildman–Crippen LogP) is 6.31. The number of aldehydes is 1. The lowest BCUT2D eigenvalue weighted by atomic mass is 9.84. The fourth-order valence-corrected chi connectivity index (χ4v) is 6.10. The highest BCUT2D eigenvalue weighted by molar-refractivity contribution is 14.1. The second kappa shape index (κ2) is 12.0. The van der Waals surface area contributed by atoms with E-state index < -0.39 is 87.2 Å². The van der Waals surface area contributed by atoms with Crippen molar-refractivity contribution in [2.75, 3.05) is 11.9 Å². The summed E-state index contributed by atoms with van der Waals surface area (Å²) in [5.74, 6) is -4.36. The average Bonchev–Trinajstić information content (AvgIpc) is 3.36. The van der Waals surface area contributed by atoms with Crippen LogP contribution in [0.2, 0.25) is 0 Å². The second-order valence-corrected chi connectivity index (χ2v) is 11.9. The van der Waals surface area contributed by atoms with E-state index in [0.29, 0.717) is 30.9 Å². The van der Waals surface area contributed by atoms with Crippen LogP contribution in [0.5, 0.6) is 0 Å². The SMILES string of the molecule is C[C@]12CCCN1N(Cc1c(F)cc(I)cc1F)C(=O)C(C(=O)Nc1ccc(C(F)(F)F)cc1-c1cc(C(F)(F)F)ncn1)=C2C=O. The number of nitrogens with zero attached hydrogens (tertiary/aromatic N) is 4. The summed E-state index contributed by atoms with van der Waals surface area (Å²) in [5.41, 5.74) is -7.30. The number of carbonyl (C=O) groups excluding carboxylic acids is 3. The lowest BCUT2D eigenvalue weighted by Crippen LogP contribution is -2.60. The van der Waals surface area contributed by atoms with Gasteiger partial charge in [-0.1, -0.05) is 0 Å². The highest BCUT2D eigenvalue weighted by Crippen LogP contribution is 2.43. The number of aromatic nitrogens is 2. The Labute approximate surface area is 268 Å². The van der Waals surface area contributed by atoms with Crippen LogP contribution in [-0.4, -0.2) is 50.2 Å². The zero-order valence-corrected chi connectivity index (χ0v) is 25.5. The van der Waals surface area contributed by atoms with E-state index in [4.69, 9.17) is 0 Å². The smallest absolute Gasteiger partial charge is 0.321 e. The standard InChI is InChI=1S/C29H20F8IN5O3/c1-27-5-2-6-43(27)42(11-17-19(30)8-15(38)9-20(17)31)26(46)24(18(27)12-44)25(45)41-21-4-3-14(28(32,33)34)7-16(21)22-10-23(29(35,36)37)40-13-39-22/h3-4,7-10,12-13H,2,5-6,11H2,1H3,(H,41,45)/t27-/m1/s1. The van der Waals surface area contributed by atoms with Gasteiger partial charge in [0.2, 0.25) is 0 Å². The molecule has 1 N–H and O–H groups in total. The van der Waals surface area contributed by atoms with E-state index in [1.165, 1.54) is 5.01 Å². The number of nitrogens with one attached hydrogen (secondary N) is 1. The molecule has 1 aromatic heterocycles. The van der Waals surface area contributed by atoms with Crippen molar-refractivity contribution in [3.63, 3.8) is 0 Å². The zero-order chi connectivity index (χ0) is 33.8. The maximum Gasteiger partial charge on any atom is 0.433 e. The third-order valence-corrected chi connectivity index (χ3v) is 8.40. The number of hydrogen-bond acceptors (Lipinski definition) is 6. The molecule has 2 aromatic carbocycles. The molecule has 5 rings (SSSR count). The van der Waals surface area contributed by atoms with E-state index in [1.54, 1.807) is 29.5 Å². The van der Waals surface area contributed by atoms with E-state index in [2.05, 4.69) is 15.3 Å². The molecule has 3 aromatic rings. The van der Waals surface area contributed by atoms with Gasteiger partial charge in [-0.05, 0) is 78.8 Å². The molecule has 1 atom stereocenters. The molecule has 0 bridgehead atoms. The number of amides is 2. The Morgan fingerprint density at radius 3 is 2.33 bits per heavy atom. The van der Waals surface area contributed by atoms with Crippen LogP contribution in [0.4, 0.5) is 40.8 Å². The van der Waals surface area contributed by atoms with Gasteiger partial charge in [-0.15, -0.1) is 0 Å². The monoisotopic (exact) mass is 765 g/mol. The van der Waals surface area contributed by atoms with Gasteiger partial charge in [-0.3, -0.25) is 19.4 Å². The first-order valence-corrected chi connectivity index (χ1v) is 14.4. The first-order valence-electron chi connectivity index (χ1n) is 13.3. The van der Waals surface area contributed by atoms with Gasteiger partial charge < -0.3 is 5.32 Å². The molecule has 0 radical (unpaired) electrons. The number of benzene rings is 2. The zero-order valence-electron chi connectivity index (χ0n) is 23.4. The predicted molar refractivity (Wildman–Crippen MR) is 153 cm³/mol. The third kappa shape index (κ3) is 6.08. The summed E-state index contributed by atoms with van der Waals surface area (Å²) in [7, 11) is 0. The number of fused-ring (bicyclic) bond motifs is 1. The number of rotatable bonds is 6. The summed E-state index contributed by atoms with van der Waals surface area (Å²) < 4.78 is 111. The Hall–Kier alpha value is -4.00. The molecule has 242 valence electrons. The van der Waals surface area contributed by atoms with Crippen molar-refractivity contribution in [2.45, 2.75) is 44.2 Å². The fourth-order valence-electron chi connectivity index (χ4n) is 5.55. The minimum absolute atomic E-state index is 0.181. The second-order valence-electron chi connectivity index (χ2n) is 10.6. The van der Waals surface area contributed by atoms with Gasteiger partial charge >= 0.3 is 12.4 Å². The van der Waals surface area contributed by atoms with Crippen LogP contribution in [0, 0.1) is 15.2 Å². The van der Waals surface area contributed by atoms with Crippen LogP contribution in [-0.2, 0) is 33.3 Å². The molecule has 0 aliphatic carbocycles. The average molecular weight is 765 g/mol. The largest absolute Gasteiger partial charge is 0.433 e. The van der Waals surface area contributed by atoms with Crippen LogP contribution < -0.4 is 5.32 Å². The van der Waals surface area contributed by atoms with Crippen LogP contribution >= 0.6 is 22.6 Å². The van der Waals surface area contributed by atoms with Crippen molar-refractivity contribution in [3.8, 4) is 11.3 Å². The first kappa shape index (κ1) is 33.4. The summed E-state index contributed by atoms with van der Waals surface area (Å²) in [6.07, 6.45) is -8.50. The van der Waals surface area contributed by atoms with Crippen LogP contribution in [0.25, 0.3) is 11.3 Å². The van der Waals surface area contributed by atoms with E-state index in [-0.39, 0.29) is 28.4 Å². The first-order chi connectivity index (χ1) is 21.5. The molecular formula is C29H20F8IN5O3. The minimum atomic E-state index is -4.98. The van der Waals surface area contributed by atoms with Crippen molar-refractivity contribution >= 4 is 46.4 Å². The van der Waals surface area contributed by atoms with Crippen LogP contribution in [0.15, 0.2) is 53.9 Å². The number of hydrogen-bond donors (Lipinski definition) is 1. The number of anilines is 1. The molecule has 17 heteroatoms. The highest BCUT2D eigenvalue weighted by Gasteiger charge is 2.52. The number of carbonyl (C=O) groups is 3. The van der Waals surface area contributed by atoms with E-state index in [1.807, 2.05) is 0 Å². The maximum atomic E-state index is 14.8. The Balaban J connectivity index is 1.60. The van der Waals surface area contributed by atoms with Gasteiger partial charge in [0.15, 0.2) is 0 Å². The van der Waals surface area contributed by atoms with E-state index >= 15 is 0 Å². The fraction of sp³-hybridized carbons (Fsp3) is 0.276. The third-order valence-electron chi connectivity index (χ3n) is 7.78. The number of halogens is 9. The molecule has 46 heavy (non-hydrogen) atoms. The molecule has 3 heterocycles. The molecule has 0 unspecified atom stereocenters. The summed E-state index contributed by atoms with van der Waals surface area (Å²) in [6.45, 7) is 1.05. The Kier molecular flexibility index (Phi) is 8.69. The molecule has 0 spiro atoms. The summed E-state index contributed by atoms with van der Waals surface area (Å²) >= 11 is 1.70. The number of hydrazine groups is 1. The van der Waals surface area contributed by atoms with Gasteiger partial charge in [0.1, 0.15) is 35.5 Å². The highest BCUT2D eigenvalue weighted by atomic mass is 127. The molecule has 2 aliphatic rings. The van der Waals surface area contributed by atoms with Crippen molar-refractivity contribution in [3.05, 3.63) is 85.9 Å². The topological polar surface area (TPSA) is 95.5 Å². The van der Waals surface area contributed by atoms with Crippen molar-refractivity contribution in [1.82, 2.24) is 20.0 Å². The molecular weight excluding hydrogens is 745 g/mol.